The molecule has 2 aromatic carbocycles. The lowest BCUT2D eigenvalue weighted by atomic mass is 10.2. The molecule has 30 heavy (non-hydrogen) atoms. The number of nitrogens with zero attached hydrogens (tertiary/aromatic N) is 3. The second kappa shape index (κ2) is 9.93. The first kappa shape index (κ1) is 21.4. The Kier molecular flexibility index (Phi) is 7.08. The molecular formula is C22H22ClN3O4. The highest BCUT2D eigenvalue weighted by Crippen LogP contribution is 2.21. The van der Waals surface area contributed by atoms with Crippen LogP contribution in [0.5, 0.6) is 11.5 Å². The van der Waals surface area contributed by atoms with E-state index in [4.69, 9.17) is 25.6 Å². The molecule has 0 saturated heterocycles. The van der Waals surface area contributed by atoms with Gasteiger partial charge in [0, 0.05) is 17.1 Å². The molecule has 1 heterocycles. The van der Waals surface area contributed by atoms with E-state index < -0.39 is 6.10 Å². The lowest BCUT2D eigenvalue weighted by molar-refractivity contribution is -0.138. The van der Waals surface area contributed by atoms with Gasteiger partial charge in [0.2, 0.25) is 11.7 Å². The number of carbonyl (C=O) groups is 1. The van der Waals surface area contributed by atoms with Crippen LogP contribution >= 0.6 is 11.6 Å². The van der Waals surface area contributed by atoms with E-state index in [0.29, 0.717) is 34.8 Å². The number of halogens is 1. The maximum Gasteiger partial charge on any atom is 0.264 e. The van der Waals surface area contributed by atoms with Crippen LogP contribution in [0.2, 0.25) is 5.02 Å². The Bertz CT molecular complexity index is 986. The van der Waals surface area contributed by atoms with E-state index in [1.807, 2.05) is 0 Å². The third-order valence-corrected chi connectivity index (χ3v) is 4.53. The van der Waals surface area contributed by atoms with Gasteiger partial charge in [-0.25, -0.2) is 0 Å². The molecule has 0 spiro atoms. The summed E-state index contributed by atoms with van der Waals surface area (Å²) in [6.45, 7) is 5.86. The Balaban J connectivity index is 1.67. The molecule has 0 bridgehead atoms. The van der Waals surface area contributed by atoms with Crippen LogP contribution < -0.4 is 9.47 Å². The molecule has 0 unspecified atom stereocenters. The molecule has 156 valence electrons. The van der Waals surface area contributed by atoms with Crippen molar-refractivity contribution in [3.05, 3.63) is 72.1 Å². The fourth-order valence-corrected chi connectivity index (χ4v) is 2.88. The molecule has 1 atom stereocenters. The van der Waals surface area contributed by atoms with Gasteiger partial charge >= 0.3 is 0 Å². The average molecular weight is 428 g/mol. The van der Waals surface area contributed by atoms with Crippen molar-refractivity contribution in [2.45, 2.75) is 19.6 Å². The zero-order valence-electron chi connectivity index (χ0n) is 16.7. The summed E-state index contributed by atoms with van der Waals surface area (Å²) in [6, 6.07) is 14.1. The first-order chi connectivity index (χ1) is 14.5. The number of amides is 1. The van der Waals surface area contributed by atoms with Crippen LogP contribution in [0, 0.1) is 0 Å². The second-order valence-electron chi connectivity index (χ2n) is 6.46. The van der Waals surface area contributed by atoms with Gasteiger partial charge in [-0.2, -0.15) is 4.98 Å². The van der Waals surface area contributed by atoms with Crippen molar-refractivity contribution in [2.24, 2.45) is 0 Å². The predicted molar refractivity (Wildman–Crippen MR) is 113 cm³/mol. The highest BCUT2D eigenvalue weighted by Gasteiger charge is 2.23. The summed E-state index contributed by atoms with van der Waals surface area (Å²) >= 11 is 5.91. The monoisotopic (exact) mass is 427 g/mol. The van der Waals surface area contributed by atoms with Gasteiger partial charge in [0.05, 0.1) is 7.11 Å². The number of methoxy groups -OCH3 is 1. The minimum Gasteiger partial charge on any atom is -0.497 e. The van der Waals surface area contributed by atoms with Crippen molar-refractivity contribution < 1.29 is 18.8 Å². The summed E-state index contributed by atoms with van der Waals surface area (Å²) < 4.78 is 16.2. The molecule has 0 fully saturated rings. The quantitative estimate of drug-likeness (QED) is 0.471. The molecule has 0 aliphatic carbocycles. The Labute approximate surface area is 179 Å². The number of hydrogen-bond donors (Lipinski definition) is 0. The first-order valence-corrected chi connectivity index (χ1v) is 9.67. The molecule has 0 N–H and O–H groups in total. The minimum absolute atomic E-state index is 0.141. The summed E-state index contributed by atoms with van der Waals surface area (Å²) in [4.78, 5) is 18.8. The van der Waals surface area contributed by atoms with Gasteiger partial charge < -0.3 is 18.9 Å². The summed E-state index contributed by atoms with van der Waals surface area (Å²) in [5.74, 6) is 1.79. The number of rotatable bonds is 9. The summed E-state index contributed by atoms with van der Waals surface area (Å²) in [5.41, 5.74) is 0.771. The Morgan fingerprint density at radius 3 is 2.50 bits per heavy atom. The van der Waals surface area contributed by atoms with Gasteiger partial charge in [0.25, 0.3) is 5.91 Å². The molecule has 3 aromatic rings. The number of ether oxygens (including phenoxy) is 2. The van der Waals surface area contributed by atoms with Gasteiger partial charge in [-0.1, -0.05) is 22.8 Å². The van der Waals surface area contributed by atoms with Crippen molar-refractivity contribution in [1.29, 1.82) is 0 Å². The summed E-state index contributed by atoms with van der Waals surface area (Å²) in [5, 5.41) is 4.60. The van der Waals surface area contributed by atoms with Gasteiger partial charge in [-0.3, -0.25) is 4.79 Å². The van der Waals surface area contributed by atoms with Gasteiger partial charge in [-0.15, -0.1) is 6.58 Å². The third kappa shape index (κ3) is 5.39. The fourth-order valence-electron chi connectivity index (χ4n) is 2.75. The van der Waals surface area contributed by atoms with Gasteiger partial charge in [0.15, 0.2) is 6.10 Å². The Hall–Kier alpha value is -3.32. The number of benzene rings is 2. The van der Waals surface area contributed by atoms with Crippen LogP contribution in [0.15, 0.2) is 65.7 Å². The van der Waals surface area contributed by atoms with E-state index in [0.717, 1.165) is 5.56 Å². The molecule has 7 nitrogen and oxygen atoms in total. The van der Waals surface area contributed by atoms with Crippen LogP contribution in [0.1, 0.15) is 12.8 Å². The molecule has 0 saturated carbocycles. The van der Waals surface area contributed by atoms with Crippen molar-refractivity contribution in [2.75, 3.05) is 13.7 Å². The predicted octanol–water partition coefficient (Wildman–Crippen LogP) is 4.38. The molecule has 0 aliphatic rings. The fraction of sp³-hybridized carbons (Fsp3) is 0.227. The van der Waals surface area contributed by atoms with Crippen LogP contribution in [-0.4, -0.2) is 40.7 Å². The van der Waals surface area contributed by atoms with Gasteiger partial charge in [-0.05, 0) is 55.5 Å². The Morgan fingerprint density at radius 2 is 1.87 bits per heavy atom. The highest BCUT2D eigenvalue weighted by molar-refractivity contribution is 6.30. The third-order valence-electron chi connectivity index (χ3n) is 4.28. The number of hydrogen-bond acceptors (Lipinski definition) is 6. The molecule has 0 aliphatic heterocycles. The second-order valence-corrected chi connectivity index (χ2v) is 6.90. The maximum absolute atomic E-state index is 12.9. The lowest BCUT2D eigenvalue weighted by Gasteiger charge is -2.23. The molecule has 1 aromatic heterocycles. The van der Waals surface area contributed by atoms with Crippen LogP contribution in [0.25, 0.3) is 11.4 Å². The zero-order chi connectivity index (χ0) is 21.5. The van der Waals surface area contributed by atoms with E-state index in [2.05, 4.69) is 16.7 Å². The number of carbonyl (C=O) groups excluding carboxylic acids is 1. The summed E-state index contributed by atoms with van der Waals surface area (Å²) in [6.07, 6.45) is 0.922. The highest BCUT2D eigenvalue weighted by atomic mass is 35.5. The minimum atomic E-state index is -0.711. The van der Waals surface area contributed by atoms with Gasteiger partial charge in [0.1, 0.15) is 18.0 Å². The van der Waals surface area contributed by atoms with E-state index in [-0.39, 0.29) is 12.5 Å². The first-order valence-electron chi connectivity index (χ1n) is 9.29. The van der Waals surface area contributed by atoms with Crippen molar-refractivity contribution >= 4 is 17.5 Å². The topological polar surface area (TPSA) is 77.7 Å². The van der Waals surface area contributed by atoms with Crippen LogP contribution in [-0.2, 0) is 11.3 Å². The Morgan fingerprint density at radius 1 is 1.20 bits per heavy atom. The van der Waals surface area contributed by atoms with Crippen LogP contribution in [0.4, 0.5) is 0 Å². The van der Waals surface area contributed by atoms with Crippen molar-refractivity contribution in [1.82, 2.24) is 15.0 Å². The largest absolute Gasteiger partial charge is 0.497 e. The van der Waals surface area contributed by atoms with E-state index in [9.17, 15) is 4.79 Å². The van der Waals surface area contributed by atoms with E-state index >= 15 is 0 Å². The van der Waals surface area contributed by atoms with E-state index in [1.165, 1.54) is 0 Å². The average Bonchev–Trinajstić information content (AvgIpc) is 3.22. The molecule has 3 rings (SSSR count). The molecule has 8 heteroatoms. The molecular weight excluding hydrogens is 406 g/mol. The molecule has 0 radical (unpaired) electrons. The van der Waals surface area contributed by atoms with Crippen molar-refractivity contribution in [3.63, 3.8) is 0 Å². The SMILES string of the molecule is C=CCN(Cc1nc(-c2ccc(Cl)cc2)no1)C(=O)[C@@H](C)Oc1ccc(OC)cc1. The smallest absolute Gasteiger partial charge is 0.264 e. The maximum atomic E-state index is 12.9. The summed E-state index contributed by atoms with van der Waals surface area (Å²) in [7, 11) is 1.59. The lowest BCUT2D eigenvalue weighted by Crippen LogP contribution is -2.40. The van der Waals surface area contributed by atoms with E-state index in [1.54, 1.807) is 73.5 Å². The standard InChI is InChI=1S/C22H22ClN3O4/c1-4-13-26(22(27)15(2)29-19-11-9-18(28-3)10-12-19)14-20-24-21(25-30-20)16-5-7-17(23)8-6-16/h4-12,15H,1,13-14H2,2-3H3/t15-/m1/s1. The molecule has 1 amide bonds. The zero-order valence-corrected chi connectivity index (χ0v) is 17.5. The number of aromatic nitrogens is 2. The van der Waals surface area contributed by atoms with Crippen LogP contribution in [0.3, 0.4) is 0 Å². The normalized spacial score (nSPS) is 11.6. The van der Waals surface area contributed by atoms with Crippen molar-refractivity contribution in [3.8, 4) is 22.9 Å².